The Morgan fingerprint density at radius 2 is 1.95 bits per heavy atom. The second kappa shape index (κ2) is 3.84. The SMILES string of the molecule is CC1(C)CC2CCC3(C)C2C(CC32C=Nc3ccccc32)N1. The molecule has 2 heteroatoms. The highest BCUT2D eigenvalue weighted by atomic mass is 15.1. The number of nitrogens with zero attached hydrogens (tertiary/aromatic N) is 1. The molecule has 1 aromatic rings. The first-order valence-corrected chi connectivity index (χ1v) is 8.88. The lowest BCUT2D eigenvalue weighted by atomic mass is 9.61. The third kappa shape index (κ3) is 1.39. The van der Waals surface area contributed by atoms with Gasteiger partial charge in [0.25, 0.3) is 0 Å². The van der Waals surface area contributed by atoms with Crippen LogP contribution in [-0.2, 0) is 5.41 Å². The summed E-state index contributed by atoms with van der Waals surface area (Å²) in [4.78, 5) is 4.84. The van der Waals surface area contributed by atoms with Crippen LogP contribution in [0.3, 0.4) is 0 Å². The molecule has 2 nitrogen and oxygen atoms in total. The van der Waals surface area contributed by atoms with E-state index in [4.69, 9.17) is 4.99 Å². The second-order valence-corrected chi connectivity index (χ2v) is 9.03. The Balaban J connectivity index is 1.68. The molecular formula is C20H26N2. The number of piperidine rings is 1. The molecule has 2 aliphatic carbocycles. The van der Waals surface area contributed by atoms with Gasteiger partial charge in [-0.25, -0.2) is 0 Å². The molecule has 0 aromatic heterocycles. The zero-order valence-corrected chi connectivity index (χ0v) is 13.9. The first-order valence-electron chi connectivity index (χ1n) is 8.88. The second-order valence-electron chi connectivity index (χ2n) is 9.03. The van der Waals surface area contributed by atoms with E-state index in [-0.39, 0.29) is 11.0 Å². The summed E-state index contributed by atoms with van der Waals surface area (Å²) in [5.41, 5.74) is 3.54. The van der Waals surface area contributed by atoms with Gasteiger partial charge in [0.1, 0.15) is 0 Å². The Kier molecular flexibility index (Phi) is 2.32. The van der Waals surface area contributed by atoms with Crippen molar-refractivity contribution in [1.82, 2.24) is 5.32 Å². The van der Waals surface area contributed by atoms with Gasteiger partial charge >= 0.3 is 0 Å². The van der Waals surface area contributed by atoms with Crippen LogP contribution in [0.4, 0.5) is 5.69 Å². The van der Waals surface area contributed by atoms with E-state index in [1.165, 1.54) is 36.9 Å². The standard InChI is InChI=1S/C20H26N2/c1-18(2)10-13-8-9-19(3)17(13)16(22-18)11-20(19)12-21-15-7-5-4-6-14(15)20/h4-7,12-13,16-17,22H,8-11H2,1-3H3. The number of para-hydroxylation sites is 1. The summed E-state index contributed by atoms with van der Waals surface area (Å²) >= 11 is 0. The van der Waals surface area contributed by atoms with Crippen LogP contribution in [0.25, 0.3) is 0 Å². The number of fused-ring (bicyclic) bond motifs is 3. The summed E-state index contributed by atoms with van der Waals surface area (Å²) in [5.74, 6) is 1.71. The minimum atomic E-state index is 0.168. The molecule has 22 heavy (non-hydrogen) atoms. The molecule has 116 valence electrons. The summed E-state index contributed by atoms with van der Waals surface area (Å²) in [6.07, 6.45) is 7.65. The predicted molar refractivity (Wildman–Crippen MR) is 90.8 cm³/mol. The monoisotopic (exact) mass is 294 g/mol. The zero-order chi connectivity index (χ0) is 15.2. The minimum absolute atomic E-state index is 0.168. The molecule has 4 aliphatic rings. The Hall–Kier alpha value is -1.15. The van der Waals surface area contributed by atoms with E-state index in [1.807, 2.05) is 0 Å². The van der Waals surface area contributed by atoms with Gasteiger partial charge in [-0.2, -0.15) is 0 Å². The van der Waals surface area contributed by atoms with Gasteiger partial charge in [0.05, 0.1) is 5.69 Å². The largest absolute Gasteiger partial charge is 0.309 e. The fraction of sp³-hybridized carbons (Fsp3) is 0.650. The van der Waals surface area contributed by atoms with Crippen LogP contribution in [-0.4, -0.2) is 17.8 Å². The van der Waals surface area contributed by atoms with E-state index in [0.717, 1.165) is 11.8 Å². The van der Waals surface area contributed by atoms with E-state index in [1.54, 1.807) is 0 Å². The molecule has 0 amide bonds. The quantitative estimate of drug-likeness (QED) is 0.761. The summed E-state index contributed by atoms with van der Waals surface area (Å²) in [7, 11) is 0. The summed E-state index contributed by atoms with van der Waals surface area (Å²) in [6.45, 7) is 7.34. The Bertz CT molecular complexity index is 676. The zero-order valence-electron chi connectivity index (χ0n) is 13.9. The molecule has 3 fully saturated rings. The van der Waals surface area contributed by atoms with E-state index < -0.39 is 0 Å². The fourth-order valence-electron chi connectivity index (χ4n) is 6.77. The molecule has 5 rings (SSSR count). The van der Waals surface area contributed by atoms with Crippen molar-refractivity contribution >= 4 is 11.9 Å². The van der Waals surface area contributed by atoms with E-state index in [2.05, 4.69) is 56.6 Å². The normalized spacial score (nSPS) is 47.0. The van der Waals surface area contributed by atoms with Gasteiger partial charge < -0.3 is 5.32 Å². The van der Waals surface area contributed by atoms with Crippen molar-refractivity contribution in [3.63, 3.8) is 0 Å². The number of nitrogens with one attached hydrogen (secondary N) is 1. The Morgan fingerprint density at radius 1 is 1.14 bits per heavy atom. The lowest BCUT2D eigenvalue weighted by Gasteiger charge is -2.45. The van der Waals surface area contributed by atoms with Crippen LogP contribution in [0.5, 0.6) is 0 Å². The number of aliphatic imine (C=N–C) groups is 1. The third-order valence-corrected chi connectivity index (χ3v) is 7.43. The van der Waals surface area contributed by atoms with Gasteiger partial charge in [0, 0.05) is 23.2 Å². The summed E-state index contributed by atoms with van der Waals surface area (Å²) in [6, 6.07) is 9.50. The number of hydrogen-bond donors (Lipinski definition) is 1. The van der Waals surface area contributed by atoms with Gasteiger partial charge in [-0.1, -0.05) is 25.1 Å². The van der Waals surface area contributed by atoms with E-state index in [9.17, 15) is 0 Å². The molecule has 1 spiro atoms. The van der Waals surface area contributed by atoms with Crippen molar-refractivity contribution in [1.29, 1.82) is 0 Å². The maximum Gasteiger partial charge on any atom is 0.0667 e. The van der Waals surface area contributed by atoms with Crippen molar-refractivity contribution < 1.29 is 0 Å². The van der Waals surface area contributed by atoms with Crippen LogP contribution in [0.15, 0.2) is 29.3 Å². The molecule has 0 radical (unpaired) electrons. The van der Waals surface area contributed by atoms with E-state index in [0.29, 0.717) is 11.5 Å². The van der Waals surface area contributed by atoms with Gasteiger partial charge in [-0.05, 0) is 68.4 Å². The van der Waals surface area contributed by atoms with E-state index >= 15 is 0 Å². The van der Waals surface area contributed by atoms with Crippen LogP contribution in [0.2, 0.25) is 0 Å². The van der Waals surface area contributed by atoms with Crippen molar-refractivity contribution in [2.45, 2.75) is 63.5 Å². The lowest BCUT2D eigenvalue weighted by Crippen LogP contribution is -2.55. The summed E-state index contributed by atoms with van der Waals surface area (Å²) in [5, 5.41) is 4.00. The highest BCUT2D eigenvalue weighted by molar-refractivity contribution is 5.87. The maximum atomic E-state index is 4.84. The van der Waals surface area contributed by atoms with Crippen LogP contribution < -0.4 is 5.32 Å². The number of hydrogen-bond acceptors (Lipinski definition) is 2. The molecule has 5 unspecified atom stereocenters. The predicted octanol–water partition coefficient (Wildman–Crippen LogP) is 4.22. The average Bonchev–Trinajstić information content (AvgIpc) is 3.06. The smallest absolute Gasteiger partial charge is 0.0667 e. The fourth-order valence-corrected chi connectivity index (χ4v) is 6.77. The lowest BCUT2D eigenvalue weighted by molar-refractivity contribution is 0.0991. The van der Waals surface area contributed by atoms with Crippen molar-refractivity contribution in [2.75, 3.05) is 0 Å². The Morgan fingerprint density at radius 3 is 2.82 bits per heavy atom. The Labute approximate surface area is 133 Å². The topological polar surface area (TPSA) is 24.4 Å². The molecule has 2 saturated carbocycles. The molecule has 2 aliphatic heterocycles. The summed E-state index contributed by atoms with van der Waals surface area (Å²) < 4.78 is 0. The molecule has 1 aromatic carbocycles. The van der Waals surface area contributed by atoms with Crippen LogP contribution >= 0.6 is 0 Å². The first-order chi connectivity index (χ1) is 10.5. The van der Waals surface area contributed by atoms with Crippen LogP contribution in [0, 0.1) is 17.3 Å². The number of rotatable bonds is 0. The van der Waals surface area contributed by atoms with Gasteiger partial charge in [0.15, 0.2) is 0 Å². The van der Waals surface area contributed by atoms with Crippen molar-refractivity contribution in [3.05, 3.63) is 29.8 Å². The molecule has 1 saturated heterocycles. The number of benzene rings is 1. The molecule has 5 atom stereocenters. The van der Waals surface area contributed by atoms with Gasteiger partial charge in [-0.15, -0.1) is 0 Å². The van der Waals surface area contributed by atoms with Gasteiger partial charge in [-0.3, -0.25) is 4.99 Å². The molecular weight excluding hydrogens is 268 g/mol. The van der Waals surface area contributed by atoms with Crippen molar-refractivity contribution in [3.8, 4) is 0 Å². The minimum Gasteiger partial charge on any atom is -0.309 e. The highest BCUT2D eigenvalue weighted by Gasteiger charge is 2.68. The van der Waals surface area contributed by atoms with Crippen molar-refractivity contribution in [2.24, 2.45) is 22.2 Å². The molecule has 2 heterocycles. The maximum absolute atomic E-state index is 4.84. The highest BCUT2D eigenvalue weighted by Crippen LogP contribution is 2.69. The third-order valence-electron chi connectivity index (χ3n) is 7.43. The van der Waals surface area contributed by atoms with Crippen LogP contribution in [0.1, 0.15) is 52.0 Å². The average molecular weight is 294 g/mol. The molecule has 0 bridgehead atoms. The first kappa shape index (κ1) is 13.3. The molecule has 1 N–H and O–H groups in total. The van der Waals surface area contributed by atoms with Gasteiger partial charge in [0.2, 0.25) is 0 Å².